The Kier molecular flexibility index (Phi) is 4.93. The van der Waals surface area contributed by atoms with Gasteiger partial charge in [0.15, 0.2) is 11.5 Å². The summed E-state index contributed by atoms with van der Waals surface area (Å²) in [5, 5.41) is 0. The van der Waals surface area contributed by atoms with Crippen molar-refractivity contribution in [2.75, 3.05) is 28.4 Å². The van der Waals surface area contributed by atoms with Crippen LogP contribution in [-0.2, 0) is 6.54 Å². The minimum atomic E-state index is -0.200. The number of methoxy groups -OCH3 is 3. The number of carbonyl (C=O) groups is 1. The van der Waals surface area contributed by atoms with Crippen LogP contribution in [0.4, 0.5) is 0 Å². The molecule has 0 N–H and O–H groups in total. The van der Waals surface area contributed by atoms with Crippen molar-refractivity contribution in [2.45, 2.75) is 6.54 Å². The summed E-state index contributed by atoms with van der Waals surface area (Å²) in [6.45, 7) is 0.364. The Morgan fingerprint density at radius 1 is 1.09 bits per heavy atom. The van der Waals surface area contributed by atoms with Crippen molar-refractivity contribution in [3.63, 3.8) is 0 Å². The number of nitrogens with zero attached hydrogens (tertiary/aromatic N) is 1. The summed E-state index contributed by atoms with van der Waals surface area (Å²) in [6, 6.07) is 6.93. The third-order valence-electron chi connectivity index (χ3n) is 3.25. The quantitative estimate of drug-likeness (QED) is 0.821. The fourth-order valence-corrected chi connectivity index (χ4v) is 2.18. The first kappa shape index (κ1) is 15.8. The van der Waals surface area contributed by atoms with Crippen LogP contribution in [-0.4, -0.2) is 39.2 Å². The van der Waals surface area contributed by atoms with E-state index in [4.69, 9.17) is 18.6 Å². The third kappa shape index (κ3) is 3.00. The average Bonchev–Trinajstić information content (AvgIpc) is 3.05. The second-order valence-electron chi connectivity index (χ2n) is 4.62. The van der Waals surface area contributed by atoms with Gasteiger partial charge >= 0.3 is 0 Å². The Hall–Kier alpha value is -2.63. The van der Waals surface area contributed by atoms with Gasteiger partial charge in [0.05, 0.1) is 39.7 Å². The normalized spacial score (nSPS) is 10.2. The van der Waals surface area contributed by atoms with Crippen molar-refractivity contribution in [1.29, 1.82) is 0 Å². The molecule has 0 bridgehead atoms. The zero-order valence-electron chi connectivity index (χ0n) is 13.1. The highest BCUT2D eigenvalue weighted by Gasteiger charge is 2.23. The SMILES string of the molecule is COc1ccc(C(=O)N(C)Cc2ccco2)c(OC)c1OC. The second-order valence-corrected chi connectivity index (χ2v) is 4.62. The third-order valence-corrected chi connectivity index (χ3v) is 3.25. The topological polar surface area (TPSA) is 61.1 Å². The molecular formula is C16H19NO5. The highest BCUT2D eigenvalue weighted by molar-refractivity contribution is 5.98. The lowest BCUT2D eigenvalue weighted by Gasteiger charge is -2.19. The number of benzene rings is 1. The summed E-state index contributed by atoms with van der Waals surface area (Å²) in [4.78, 5) is 14.2. The highest BCUT2D eigenvalue weighted by Crippen LogP contribution is 2.40. The maximum atomic E-state index is 12.6. The molecule has 22 heavy (non-hydrogen) atoms. The van der Waals surface area contributed by atoms with Gasteiger partial charge in [-0.15, -0.1) is 0 Å². The van der Waals surface area contributed by atoms with E-state index >= 15 is 0 Å². The molecule has 0 fully saturated rings. The smallest absolute Gasteiger partial charge is 0.257 e. The summed E-state index contributed by atoms with van der Waals surface area (Å²) in [5.74, 6) is 1.74. The van der Waals surface area contributed by atoms with Gasteiger partial charge < -0.3 is 23.5 Å². The van der Waals surface area contributed by atoms with Crippen molar-refractivity contribution in [2.24, 2.45) is 0 Å². The van der Waals surface area contributed by atoms with E-state index in [1.807, 2.05) is 6.07 Å². The monoisotopic (exact) mass is 305 g/mol. The van der Waals surface area contributed by atoms with Crippen LogP contribution in [0.25, 0.3) is 0 Å². The molecule has 6 nitrogen and oxygen atoms in total. The maximum Gasteiger partial charge on any atom is 0.257 e. The predicted octanol–water partition coefficient (Wildman–Crippen LogP) is 2.58. The molecule has 1 aromatic carbocycles. The molecule has 0 radical (unpaired) electrons. The maximum absolute atomic E-state index is 12.6. The molecule has 0 unspecified atom stereocenters. The van der Waals surface area contributed by atoms with Gasteiger partial charge in [-0.1, -0.05) is 0 Å². The van der Waals surface area contributed by atoms with Crippen LogP contribution in [0.15, 0.2) is 34.9 Å². The van der Waals surface area contributed by atoms with Crippen LogP contribution in [0.5, 0.6) is 17.2 Å². The molecule has 1 aromatic heterocycles. The van der Waals surface area contributed by atoms with E-state index < -0.39 is 0 Å². The molecule has 118 valence electrons. The largest absolute Gasteiger partial charge is 0.493 e. The van der Waals surface area contributed by atoms with Crippen LogP contribution in [0.3, 0.4) is 0 Å². The lowest BCUT2D eigenvalue weighted by atomic mass is 10.1. The molecular weight excluding hydrogens is 286 g/mol. The van der Waals surface area contributed by atoms with Crippen LogP contribution < -0.4 is 14.2 Å². The van der Waals surface area contributed by atoms with E-state index in [0.717, 1.165) is 0 Å². The highest BCUT2D eigenvalue weighted by atomic mass is 16.5. The van der Waals surface area contributed by atoms with Crippen LogP contribution >= 0.6 is 0 Å². The van der Waals surface area contributed by atoms with E-state index in [-0.39, 0.29) is 5.91 Å². The number of rotatable bonds is 6. The van der Waals surface area contributed by atoms with Crippen molar-refractivity contribution in [3.05, 3.63) is 41.9 Å². The van der Waals surface area contributed by atoms with Gasteiger partial charge in [-0.2, -0.15) is 0 Å². The Morgan fingerprint density at radius 3 is 2.36 bits per heavy atom. The first-order valence-corrected chi connectivity index (χ1v) is 6.69. The first-order valence-electron chi connectivity index (χ1n) is 6.69. The summed E-state index contributed by atoms with van der Waals surface area (Å²) >= 11 is 0. The van der Waals surface area contributed by atoms with E-state index in [1.54, 1.807) is 36.4 Å². The van der Waals surface area contributed by atoms with Crippen molar-refractivity contribution >= 4 is 5.91 Å². The molecule has 0 saturated carbocycles. The number of hydrogen-bond acceptors (Lipinski definition) is 5. The fraction of sp³-hybridized carbons (Fsp3) is 0.312. The Bertz CT molecular complexity index is 636. The van der Waals surface area contributed by atoms with Crippen LogP contribution in [0, 0.1) is 0 Å². The van der Waals surface area contributed by atoms with Gasteiger partial charge in [0.2, 0.25) is 5.75 Å². The van der Waals surface area contributed by atoms with Crippen LogP contribution in [0.2, 0.25) is 0 Å². The average molecular weight is 305 g/mol. The molecule has 2 rings (SSSR count). The molecule has 2 aromatic rings. The predicted molar refractivity (Wildman–Crippen MR) is 80.6 cm³/mol. The molecule has 0 spiro atoms. The van der Waals surface area contributed by atoms with Crippen LogP contribution in [0.1, 0.15) is 16.1 Å². The summed E-state index contributed by atoms with van der Waals surface area (Å²) in [6.07, 6.45) is 1.57. The molecule has 0 aliphatic heterocycles. The van der Waals surface area contributed by atoms with Crippen molar-refractivity contribution < 1.29 is 23.4 Å². The summed E-state index contributed by atoms with van der Waals surface area (Å²) in [7, 11) is 6.21. The van der Waals surface area contributed by atoms with Gasteiger partial charge in [0.1, 0.15) is 5.76 Å². The zero-order chi connectivity index (χ0) is 16.1. The van der Waals surface area contributed by atoms with E-state index in [2.05, 4.69) is 0 Å². The lowest BCUT2D eigenvalue weighted by molar-refractivity contribution is 0.0771. The number of ether oxygens (including phenoxy) is 3. The van der Waals surface area contributed by atoms with Gasteiger partial charge in [-0.3, -0.25) is 4.79 Å². The zero-order valence-corrected chi connectivity index (χ0v) is 13.1. The van der Waals surface area contributed by atoms with Gasteiger partial charge in [-0.05, 0) is 24.3 Å². The minimum absolute atomic E-state index is 0.200. The van der Waals surface area contributed by atoms with Crippen molar-refractivity contribution in [3.8, 4) is 17.2 Å². The second kappa shape index (κ2) is 6.89. The number of furan rings is 1. The van der Waals surface area contributed by atoms with Gasteiger partial charge in [-0.25, -0.2) is 0 Å². The van der Waals surface area contributed by atoms with Gasteiger partial charge in [0.25, 0.3) is 5.91 Å². The lowest BCUT2D eigenvalue weighted by Crippen LogP contribution is -2.26. The van der Waals surface area contributed by atoms with E-state index in [9.17, 15) is 4.79 Å². The van der Waals surface area contributed by atoms with Gasteiger partial charge in [0, 0.05) is 7.05 Å². The number of amides is 1. The molecule has 0 saturated heterocycles. The minimum Gasteiger partial charge on any atom is -0.493 e. The number of hydrogen-bond donors (Lipinski definition) is 0. The molecule has 0 aliphatic carbocycles. The first-order chi connectivity index (χ1) is 10.6. The molecule has 0 aliphatic rings. The molecule has 1 amide bonds. The summed E-state index contributed by atoms with van der Waals surface area (Å²) < 4.78 is 21.1. The molecule has 1 heterocycles. The van der Waals surface area contributed by atoms with E-state index in [0.29, 0.717) is 35.1 Å². The Balaban J connectivity index is 2.32. The Morgan fingerprint density at radius 2 is 1.82 bits per heavy atom. The van der Waals surface area contributed by atoms with E-state index in [1.165, 1.54) is 21.3 Å². The summed E-state index contributed by atoms with van der Waals surface area (Å²) in [5.41, 5.74) is 0.397. The molecule has 0 atom stereocenters. The number of carbonyl (C=O) groups excluding carboxylic acids is 1. The Labute approximate surface area is 129 Å². The molecule has 6 heteroatoms. The van der Waals surface area contributed by atoms with Crippen molar-refractivity contribution in [1.82, 2.24) is 4.90 Å². The fourth-order valence-electron chi connectivity index (χ4n) is 2.18. The standard InChI is InChI=1S/C16H19NO5/c1-17(10-11-6-5-9-22-11)16(18)12-7-8-13(19-2)15(21-4)14(12)20-3/h5-9H,10H2,1-4H3.